The van der Waals surface area contributed by atoms with Crippen LogP contribution in [0, 0.1) is 0 Å². The van der Waals surface area contributed by atoms with Crippen molar-refractivity contribution in [3.8, 4) is 0 Å². The first-order chi connectivity index (χ1) is 9.15. The van der Waals surface area contributed by atoms with Crippen molar-refractivity contribution in [2.75, 3.05) is 18.5 Å². The van der Waals surface area contributed by atoms with Gasteiger partial charge in [0, 0.05) is 11.7 Å². The third-order valence-electron chi connectivity index (χ3n) is 2.99. The van der Waals surface area contributed by atoms with E-state index in [4.69, 9.17) is 27.9 Å². The Morgan fingerprint density at radius 1 is 1.37 bits per heavy atom. The second kappa shape index (κ2) is 6.98. The van der Waals surface area contributed by atoms with E-state index < -0.39 is 6.09 Å². The zero-order valence-corrected chi connectivity index (χ0v) is 11.9. The Balaban J connectivity index is 1.78. The molecule has 0 bridgehead atoms. The number of benzene rings is 1. The minimum atomic E-state index is -0.481. The summed E-state index contributed by atoms with van der Waals surface area (Å²) in [5.41, 5.74) is 0.566. The number of piperidine rings is 1. The van der Waals surface area contributed by atoms with Gasteiger partial charge in [0.25, 0.3) is 0 Å². The molecule has 1 aromatic carbocycles. The molecule has 2 rings (SSSR count). The van der Waals surface area contributed by atoms with Crippen LogP contribution in [0.25, 0.3) is 0 Å². The SMILES string of the molecule is O=C(Nc1ccc(Cl)c(Cl)c1)OC[C@@H]1CCCCN1. The Morgan fingerprint density at radius 3 is 2.89 bits per heavy atom. The van der Waals surface area contributed by atoms with Gasteiger partial charge in [-0.25, -0.2) is 4.79 Å². The number of nitrogens with one attached hydrogen (secondary N) is 2. The minimum Gasteiger partial charge on any atom is -0.448 e. The molecule has 0 unspecified atom stereocenters. The van der Waals surface area contributed by atoms with E-state index in [9.17, 15) is 4.79 Å². The average molecular weight is 303 g/mol. The smallest absolute Gasteiger partial charge is 0.411 e. The molecular weight excluding hydrogens is 287 g/mol. The van der Waals surface area contributed by atoms with Gasteiger partial charge in [0.1, 0.15) is 6.61 Å². The summed E-state index contributed by atoms with van der Waals surface area (Å²) >= 11 is 11.7. The predicted molar refractivity (Wildman–Crippen MR) is 77.1 cm³/mol. The van der Waals surface area contributed by atoms with Gasteiger partial charge in [-0.1, -0.05) is 29.6 Å². The normalized spacial score (nSPS) is 18.9. The monoisotopic (exact) mass is 302 g/mol. The van der Waals surface area contributed by atoms with Crippen molar-refractivity contribution in [1.29, 1.82) is 0 Å². The average Bonchev–Trinajstić information content (AvgIpc) is 2.42. The van der Waals surface area contributed by atoms with Gasteiger partial charge in [0.15, 0.2) is 0 Å². The molecule has 19 heavy (non-hydrogen) atoms. The van der Waals surface area contributed by atoms with Gasteiger partial charge in [-0.15, -0.1) is 0 Å². The molecule has 1 aliphatic heterocycles. The molecule has 0 radical (unpaired) electrons. The van der Waals surface area contributed by atoms with E-state index in [1.807, 2.05) is 0 Å². The number of ether oxygens (including phenoxy) is 1. The van der Waals surface area contributed by atoms with Crippen molar-refractivity contribution < 1.29 is 9.53 Å². The van der Waals surface area contributed by atoms with E-state index in [1.165, 1.54) is 12.8 Å². The van der Waals surface area contributed by atoms with Gasteiger partial charge in [0.05, 0.1) is 10.0 Å². The lowest BCUT2D eigenvalue weighted by molar-refractivity contribution is 0.141. The van der Waals surface area contributed by atoms with Crippen molar-refractivity contribution in [3.63, 3.8) is 0 Å². The minimum absolute atomic E-state index is 0.258. The summed E-state index contributed by atoms with van der Waals surface area (Å²) in [4.78, 5) is 11.6. The summed E-state index contributed by atoms with van der Waals surface area (Å²) in [5.74, 6) is 0. The maximum atomic E-state index is 11.6. The van der Waals surface area contributed by atoms with Gasteiger partial charge >= 0.3 is 6.09 Å². The highest BCUT2D eigenvalue weighted by Gasteiger charge is 2.14. The van der Waals surface area contributed by atoms with Gasteiger partial charge in [-0.3, -0.25) is 5.32 Å². The van der Waals surface area contributed by atoms with Crippen molar-refractivity contribution in [2.24, 2.45) is 0 Å². The molecule has 4 nitrogen and oxygen atoms in total. The third kappa shape index (κ3) is 4.56. The zero-order chi connectivity index (χ0) is 13.7. The van der Waals surface area contributed by atoms with E-state index in [0.717, 1.165) is 13.0 Å². The van der Waals surface area contributed by atoms with Gasteiger partial charge < -0.3 is 10.1 Å². The number of hydrogen-bond acceptors (Lipinski definition) is 3. The number of anilines is 1. The number of carbonyl (C=O) groups is 1. The third-order valence-corrected chi connectivity index (χ3v) is 3.73. The van der Waals surface area contributed by atoms with Crippen LogP contribution in [-0.2, 0) is 4.74 Å². The molecule has 0 spiro atoms. The van der Waals surface area contributed by atoms with Crippen LogP contribution in [0.1, 0.15) is 19.3 Å². The fourth-order valence-corrected chi connectivity index (χ4v) is 2.27. The van der Waals surface area contributed by atoms with Crippen molar-refractivity contribution >= 4 is 35.0 Å². The number of amides is 1. The summed E-state index contributed by atoms with van der Waals surface area (Å²) in [6, 6.07) is 5.15. The Morgan fingerprint density at radius 2 is 2.21 bits per heavy atom. The molecule has 0 saturated carbocycles. The molecule has 2 N–H and O–H groups in total. The first kappa shape index (κ1) is 14.4. The highest BCUT2D eigenvalue weighted by atomic mass is 35.5. The van der Waals surface area contributed by atoms with Crippen LogP contribution in [0.2, 0.25) is 10.0 Å². The molecule has 1 aliphatic rings. The Hall–Kier alpha value is -0.970. The molecule has 1 atom stereocenters. The van der Waals surface area contributed by atoms with Crippen LogP contribution in [0.4, 0.5) is 10.5 Å². The molecule has 1 saturated heterocycles. The molecule has 0 aromatic heterocycles. The summed E-state index contributed by atoms with van der Waals surface area (Å²) in [6.45, 7) is 1.37. The fraction of sp³-hybridized carbons (Fsp3) is 0.462. The van der Waals surface area contributed by atoms with Crippen LogP contribution in [-0.4, -0.2) is 25.3 Å². The van der Waals surface area contributed by atoms with Crippen molar-refractivity contribution in [2.45, 2.75) is 25.3 Å². The maximum Gasteiger partial charge on any atom is 0.411 e. The first-order valence-electron chi connectivity index (χ1n) is 6.27. The van der Waals surface area contributed by atoms with Crippen LogP contribution in [0.15, 0.2) is 18.2 Å². The van der Waals surface area contributed by atoms with Gasteiger partial charge in [0.2, 0.25) is 0 Å². The lowest BCUT2D eigenvalue weighted by atomic mass is 10.1. The molecule has 1 aromatic rings. The number of carbonyl (C=O) groups excluding carboxylic acids is 1. The standard InChI is InChI=1S/C13H16Cl2N2O2/c14-11-5-4-9(7-12(11)15)17-13(18)19-8-10-3-1-2-6-16-10/h4-5,7,10,16H,1-3,6,8H2,(H,17,18)/t10-/m0/s1. The van der Waals surface area contributed by atoms with Crippen LogP contribution in [0.3, 0.4) is 0 Å². The van der Waals surface area contributed by atoms with E-state index in [0.29, 0.717) is 22.3 Å². The number of hydrogen-bond donors (Lipinski definition) is 2. The van der Waals surface area contributed by atoms with Crippen LogP contribution >= 0.6 is 23.2 Å². The van der Waals surface area contributed by atoms with Gasteiger partial charge in [-0.2, -0.15) is 0 Å². The zero-order valence-electron chi connectivity index (χ0n) is 10.4. The molecule has 1 fully saturated rings. The lowest BCUT2D eigenvalue weighted by Crippen LogP contribution is -2.38. The van der Waals surface area contributed by atoms with E-state index in [2.05, 4.69) is 10.6 Å². The molecule has 0 aliphatic carbocycles. The molecule has 6 heteroatoms. The summed E-state index contributed by atoms with van der Waals surface area (Å²) in [6.07, 6.45) is 2.92. The Labute approximate surface area is 122 Å². The largest absolute Gasteiger partial charge is 0.448 e. The second-order valence-electron chi connectivity index (χ2n) is 4.50. The van der Waals surface area contributed by atoms with E-state index in [-0.39, 0.29) is 6.04 Å². The molecular formula is C13H16Cl2N2O2. The van der Waals surface area contributed by atoms with Crippen LogP contribution in [0.5, 0.6) is 0 Å². The molecule has 104 valence electrons. The van der Waals surface area contributed by atoms with E-state index >= 15 is 0 Å². The second-order valence-corrected chi connectivity index (χ2v) is 5.31. The van der Waals surface area contributed by atoms with Crippen LogP contribution < -0.4 is 10.6 Å². The van der Waals surface area contributed by atoms with Crippen molar-refractivity contribution in [1.82, 2.24) is 5.32 Å². The number of halogens is 2. The van der Waals surface area contributed by atoms with Gasteiger partial charge in [-0.05, 0) is 37.6 Å². The Bertz CT molecular complexity index is 448. The molecule has 1 amide bonds. The summed E-state index contributed by atoms with van der Waals surface area (Å²) in [7, 11) is 0. The highest BCUT2D eigenvalue weighted by molar-refractivity contribution is 6.42. The summed E-state index contributed by atoms with van der Waals surface area (Å²) < 4.78 is 5.17. The van der Waals surface area contributed by atoms with E-state index in [1.54, 1.807) is 18.2 Å². The quantitative estimate of drug-likeness (QED) is 0.895. The first-order valence-corrected chi connectivity index (χ1v) is 7.03. The maximum absolute atomic E-state index is 11.6. The fourth-order valence-electron chi connectivity index (χ4n) is 1.97. The van der Waals surface area contributed by atoms with Crippen molar-refractivity contribution in [3.05, 3.63) is 28.2 Å². The predicted octanol–water partition coefficient (Wildman–Crippen LogP) is 3.68. The molecule has 1 heterocycles. The number of rotatable bonds is 3. The Kier molecular flexibility index (Phi) is 5.31. The lowest BCUT2D eigenvalue weighted by Gasteiger charge is -2.22. The highest BCUT2D eigenvalue weighted by Crippen LogP contribution is 2.25. The summed E-state index contributed by atoms with van der Waals surface area (Å²) in [5, 5.41) is 6.78. The topological polar surface area (TPSA) is 50.4 Å².